The summed E-state index contributed by atoms with van der Waals surface area (Å²) < 4.78 is 6.96. The average molecular weight is 571 g/mol. The summed E-state index contributed by atoms with van der Waals surface area (Å²) in [5, 5.41) is 12.9. The van der Waals surface area contributed by atoms with Gasteiger partial charge in [0.05, 0.1) is 6.61 Å². The second-order valence-electron chi connectivity index (χ2n) is 7.72. The second-order valence-corrected chi connectivity index (χ2v) is 9.31. The molecule has 33 heavy (non-hydrogen) atoms. The minimum Gasteiger partial charge on any atom is -0.494 e. The van der Waals surface area contributed by atoms with Crippen molar-refractivity contribution in [1.29, 1.82) is 5.26 Å². The number of halogens is 2. The van der Waals surface area contributed by atoms with Gasteiger partial charge in [0.15, 0.2) is 0 Å². The molecule has 0 saturated carbocycles. The summed E-state index contributed by atoms with van der Waals surface area (Å²) in [4.78, 5) is 12.6. The van der Waals surface area contributed by atoms with Crippen LogP contribution >= 0.6 is 34.2 Å². The van der Waals surface area contributed by atoms with Crippen LogP contribution in [0.15, 0.2) is 60.2 Å². The first kappa shape index (κ1) is 24.8. The van der Waals surface area contributed by atoms with Gasteiger partial charge in [-0.3, -0.25) is 4.79 Å². The van der Waals surface area contributed by atoms with Crippen molar-refractivity contribution in [1.82, 2.24) is 0 Å². The molecule has 4 nitrogen and oxygen atoms in total. The van der Waals surface area contributed by atoms with Gasteiger partial charge < -0.3 is 10.1 Å². The summed E-state index contributed by atoms with van der Waals surface area (Å²) in [7, 11) is 0. The summed E-state index contributed by atoms with van der Waals surface area (Å²) in [6, 6.07) is 19.1. The van der Waals surface area contributed by atoms with E-state index in [1.165, 1.54) is 16.7 Å². The van der Waals surface area contributed by atoms with Crippen molar-refractivity contribution < 1.29 is 9.53 Å². The first-order valence-electron chi connectivity index (χ1n) is 10.5. The lowest BCUT2D eigenvalue weighted by Crippen LogP contribution is -2.13. The van der Waals surface area contributed by atoms with E-state index in [0.29, 0.717) is 17.3 Å². The van der Waals surface area contributed by atoms with E-state index in [-0.39, 0.29) is 5.57 Å². The minimum absolute atomic E-state index is 0.00487. The highest BCUT2D eigenvalue weighted by atomic mass is 127. The van der Waals surface area contributed by atoms with Crippen molar-refractivity contribution in [2.45, 2.75) is 27.2 Å². The van der Waals surface area contributed by atoms with E-state index < -0.39 is 5.91 Å². The fourth-order valence-corrected chi connectivity index (χ4v) is 4.53. The third-order valence-electron chi connectivity index (χ3n) is 4.92. The van der Waals surface area contributed by atoms with Gasteiger partial charge in [-0.05, 0) is 97.0 Å². The van der Waals surface area contributed by atoms with Gasteiger partial charge in [-0.25, -0.2) is 0 Å². The number of nitriles is 1. The van der Waals surface area contributed by atoms with E-state index in [4.69, 9.17) is 16.3 Å². The Morgan fingerprint density at radius 1 is 1.12 bits per heavy atom. The quantitative estimate of drug-likeness (QED) is 0.187. The van der Waals surface area contributed by atoms with Crippen LogP contribution in [0, 0.1) is 28.7 Å². The summed E-state index contributed by atoms with van der Waals surface area (Å²) in [6.45, 7) is 6.65. The zero-order chi connectivity index (χ0) is 24.0. The molecule has 0 aliphatic carbocycles. The number of hydrogen-bond donors (Lipinski definition) is 1. The molecule has 3 rings (SSSR count). The molecule has 3 aromatic carbocycles. The summed E-state index contributed by atoms with van der Waals surface area (Å²) in [5.74, 6) is 0.275. The van der Waals surface area contributed by atoms with Gasteiger partial charge in [-0.2, -0.15) is 5.26 Å². The number of rotatable bonds is 7. The molecule has 0 spiro atoms. The van der Waals surface area contributed by atoms with Gasteiger partial charge in [-0.15, -0.1) is 0 Å². The molecule has 0 heterocycles. The van der Waals surface area contributed by atoms with Crippen LogP contribution in [-0.2, 0) is 11.2 Å². The van der Waals surface area contributed by atoms with Crippen molar-refractivity contribution >= 4 is 51.9 Å². The maximum atomic E-state index is 12.6. The Morgan fingerprint density at radius 3 is 2.39 bits per heavy atom. The molecule has 0 unspecified atom stereocenters. The standard InChI is InChI=1S/C27H24ClIN2O2/c1-4-33-26-15-20(12-21(16-30)27(32)31-23-7-5-22(28)6-8-23)14-25(29)24(26)13-19-10-17(2)9-18(3)11-19/h5-12,14-15H,4,13H2,1-3H3,(H,31,32)/b21-12+. The Kier molecular flexibility index (Phi) is 8.54. The Bertz CT molecular complexity index is 1220. The summed E-state index contributed by atoms with van der Waals surface area (Å²) >= 11 is 8.18. The number of anilines is 1. The van der Waals surface area contributed by atoms with Crippen LogP contribution in [0.1, 0.15) is 34.7 Å². The van der Waals surface area contributed by atoms with Gasteiger partial charge in [-0.1, -0.05) is 40.9 Å². The molecule has 1 amide bonds. The van der Waals surface area contributed by atoms with Gasteiger partial charge >= 0.3 is 0 Å². The topological polar surface area (TPSA) is 62.1 Å². The van der Waals surface area contributed by atoms with E-state index in [1.54, 1.807) is 30.3 Å². The fraction of sp³-hybridized carbons (Fsp3) is 0.185. The SMILES string of the molecule is CCOc1cc(/C=C(\C#N)C(=O)Nc2ccc(Cl)cc2)cc(I)c1Cc1cc(C)cc(C)c1. The first-order chi connectivity index (χ1) is 15.8. The lowest BCUT2D eigenvalue weighted by atomic mass is 9.98. The maximum Gasteiger partial charge on any atom is 0.266 e. The number of carbonyl (C=O) groups is 1. The maximum absolute atomic E-state index is 12.6. The van der Waals surface area contributed by atoms with Crippen molar-refractivity contribution in [2.24, 2.45) is 0 Å². The van der Waals surface area contributed by atoms with Gasteiger partial charge in [0.2, 0.25) is 0 Å². The molecule has 0 radical (unpaired) electrons. The Balaban J connectivity index is 1.92. The number of hydrogen-bond acceptors (Lipinski definition) is 3. The van der Waals surface area contributed by atoms with Gasteiger partial charge in [0, 0.05) is 26.3 Å². The fourth-order valence-electron chi connectivity index (χ4n) is 3.59. The second kappa shape index (κ2) is 11.4. The molecule has 0 atom stereocenters. The van der Waals surface area contributed by atoms with Gasteiger partial charge in [0.25, 0.3) is 5.91 Å². The summed E-state index contributed by atoms with van der Waals surface area (Å²) in [5.41, 5.74) is 6.06. The van der Waals surface area contributed by atoms with E-state index in [1.807, 2.05) is 25.1 Å². The number of carbonyl (C=O) groups excluding carboxylic acids is 1. The lowest BCUT2D eigenvalue weighted by Gasteiger charge is -2.15. The van der Waals surface area contributed by atoms with E-state index in [0.717, 1.165) is 26.9 Å². The summed E-state index contributed by atoms with van der Waals surface area (Å²) in [6.07, 6.45) is 2.32. The van der Waals surface area contributed by atoms with Crippen LogP contribution in [0.2, 0.25) is 5.02 Å². The van der Waals surface area contributed by atoms with Crippen molar-refractivity contribution in [3.63, 3.8) is 0 Å². The molecule has 1 N–H and O–H groups in total. The van der Waals surface area contributed by atoms with Crippen LogP contribution in [0.4, 0.5) is 5.69 Å². The normalized spacial score (nSPS) is 11.1. The zero-order valence-corrected chi connectivity index (χ0v) is 21.6. The first-order valence-corrected chi connectivity index (χ1v) is 12.0. The lowest BCUT2D eigenvalue weighted by molar-refractivity contribution is -0.112. The molecule has 0 saturated heterocycles. The molecule has 168 valence electrons. The number of amides is 1. The number of ether oxygens (including phenoxy) is 1. The molecule has 0 aliphatic heterocycles. The van der Waals surface area contributed by atoms with E-state index in [9.17, 15) is 10.1 Å². The van der Waals surface area contributed by atoms with Crippen molar-refractivity contribution in [3.8, 4) is 11.8 Å². The van der Waals surface area contributed by atoms with E-state index >= 15 is 0 Å². The molecule has 0 aliphatic rings. The van der Waals surface area contributed by atoms with Gasteiger partial charge in [0.1, 0.15) is 17.4 Å². The monoisotopic (exact) mass is 570 g/mol. The number of nitrogens with one attached hydrogen (secondary N) is 1. The minimum atomic E-state index is -0.480. The molecular weight excluding hydrogens is 547 g/mol. The van der Waals surface area contributed by atoms with Crippen LogP contribution in [0.3, 0.4) is 0 Å². The van der Waals surface area contributed by atoms with Crippen LogP contribution in [-0.4, -0.2) is 12.5 Å². The Hall–Kier alpha value is -2.82. The number of aryl methyl sites for hydroxylation is 2. The highest BCUT2D eigenvalue weighted by Gasteiger charge is 2.14. The molecule has 3 aromatic rings. The Labute approximate surface area is 213 Å². The van der Waals surface area contributed by atoms with E-state index in [2.05, 4.69) is 60.0 Å². The predicted octanol–water partition coefficient (Wildman–Crippen LogP) is 7.10. The molecule has 6 heteroatoms. The van der Waals surface area contributed by atoms with Crippen LogP contribution in [0.5, 0.6) is 5.75 Å². The number of nitrogens with zero attached hydrogens (tertiary/aromatic N) is 1. The third-order valence-corrected chi connectivity index (χ3v) is 6.13. The third kappa shape index (κ3) is 6.83. The molecule has 0 bridgehead atoms. The van der Waals surface area contributed by atoms with Crippen molar-refractivity contribution in [3.05, 3.63) is 96.6 Å². The Morgan fingerprint density at radius 2 is 1.79 bits per heavy atom. The van der Waals surface area contributed by atoms with Crippen molar-refractivity contribution in [2.75, 3.05) is 11.9 Å². The predicted molar refractivity (Wildman–Crippen MR) is 143 cm³/mol. The van der Waals surface area contributed by atoms with Crippen LogP contribution < -0.4 is 10.1 Å². The zero-order valence-electron chi connectivity index (χ0n) is 18.7. The highest BCUT2D eigenvalue weighted by molar-refractivity contribution is 14.1. The number of benzene rings is 3. The largest absolute Gasteiger partial charge is 0.494 e. The molecular formula is C27H24ClIN2O2. The smallest absolute Gasteiger partial charge is 0.266 e. The van der Waals surface area contributed by atoms with Crippen LogP contribution in [0.25, 0.3) is 6.08 Å². The molecule has 0 aromatic heterocycles. The molecule has 0 fully saturated rings. The highest BCUT2D eigenvalue weighted by Crippen LogP contribution is 2.30. The average Bonchev–Trinajstić information content (AvgIpc) is 2.75.